The van der Waals surface area contributed by atoms with Crippen LogP contribution in [-0.4, -0.2) is 37.9 Å². The number of thioether (sulfide) groups is 1. The first kappa shape index (κ1) is 23.6. The molecule has 0 saturated heterocycles. The topological polar surface area (TPSA) is 129 Å². The summed E-state index contributed by atoms with van der Waals surface area (Å²) >= 11 is 7.04. The van der Waals surface area contributed by atoms with Crippen LogP contribution in [0.5, 0.6) is 5.88 Å². The highest BCUT2D eigenvalue weighted by atomic mass is 79.9. The Balaban J connectivity index is 1.26. The molecule has 2 aromatic heterocycles. The van der Waals surface area contributed by atoms with Gasteiger partial charge in [0.15, 0.2) is 9.47 Å². The fourth-order valence-electron chi connectivity index (χ4n) is 3.21. The molecule has 0 radical (unpaired) electrons. The summed E-state index contributed by atoms with van der Waals surface area (Å²) in [6, 6.07) is 12.9. The van der Waals surface area contributed by atoms with Gasteiger partial charge in [-0.3, -0.25) is 9.59 Å². The molecule has 0 bridgehead atoms. The lowest BCUT2D eigenvalue weighted by Crippen LogP contribution is -2.22. The number of anilines is 3. The fraction of sp³-hybridized carbons (Fsp3) is 0.0909. The molecule has 0 aliphatic carbocycles. The van der Waals surface area contributed by atoms with Gasteiger partial charge in [0.05, 0.1) is 16.7 Å². The number of nitrogens with zero attached hydrogens (tertiary/aromatic N) is 4. The zero-order valence-electron chi connectivity index (χ0n) is 17.9. The molecular weight excluding hydrogens is 572 g/mol. The fourth-order valence-corrected chi connectivity index (χ4v) is 6.09. The largest absolute Gasteiger partial charge is 0.492 e. The Kier molecular flexibility index (Phi) is 6.65. The van der Waals surface area contributed by atoms with E-state index in [0.717, 1.165) is 27.1 Å². The predicted octanol–water partition coefficient (Wildman–Crippen LogP) is 3.60. The maximum absolute atomic E-state index is 12.5. The molecule has 0 atom stereocenters. The number of nitrogens with one attached hydrogen (secondary N) is 2. The molecule has 1 aliphatic rings. The molecule has 0 saturated carbocycles. The van der Waals surface area contributed by atoms with Crippen molar-refractivity contribution < 1.29 is 14.7 Å². The van der Waals surface area contributed by atoms with Crippen LogP contribution in [0.15, 0.2) is 56.3 Å². The van der Waals surface area contributed by atoms with Crippen molar-refractivity contribution in [3.8, 4) is 5.88 Å². The van der Waals surface area contributed by atoms with Crippen LogP contribution >= 0.6 is 50.4 Å². The average Bonchev–Trinajstić information content (AvgIpc) is 3.50. The van der Waals surface area contributed by atoms with Gasteiger partial charge < -0.3 is 15.7 Å². The van der Waals surface area contributed by atoms with Gasteiger partial charge >= 0.3 is 0 Å². The summed E-state index contributed by atoms with van der Waals surface area (Å²) in [5.41, 5.74) is 2.16. The number of amides is 2. The van der Waals surface area contributed by atoms with Crippen molar-refractivity contribution in [3.63, 3.8) is 0 Å². The Hall–Kier alpha value is -3.13. The number of benzene rings is 2. The van der Waals surface area contributed by atoms with E-state index in [0.29, 0.717) is 35.6 Å². The molecule has 35 heavy (non-hydrogen) atoms. The van der Waals surface area contributed by atoms with E-state index >= 15 is 0 Å². The van der Waals surface area contributed by atoms with E-state index in [-0.39, 0.29) is 17.5 Å². The van der Waals surface area contributed by atoms with Crippen molar-refractivity contribution in [2.75, 3.05) is 16.4 Å². The second-order valence-electron chi connectivity index (χ2n) is 7.33. The van der Waals surface area contributed by atoms with Gasteiger partial charge in [0.25, 0.3) is 5.91 Å². The summed E-state index contributed by atoms with van der Waals surface area (Å²) in [4.78, 5) is 33.2. The number of aryl methyl sites for hydroxylation is 1. The van der Waals surface area contributed by atoms with E-state index in [1.807, 2.05) is 31.2 Å². The van der Waals surface area contributed by atoms with Gasteiger partial charge in [-0.15, -0.1) is 10.2 Å². The second kappa shape index (κ2) is 9.85. The highest BCUT2D eigenvalue weighted by Gasteiger charge is 2.25. The van der Waals surface area contributed by atoms with Crippen LogP contribution in [0.3, 0.4) is 0 Å². The van der Waals surface area contributed by atoms with E-state index in [4.69, 9.17) is 0 Å². The molecule has 4 aromatic rings. The molecule has 1 aliphatic heterocycles. The van der Waals surface area contributed by atoms with Gasteiger partial charge in [-0.05, 0) is 37.3 Å². The Morgan fingerprint density at radius 1 is 1.11 bits per heavy atom. The zero-order chi connectivity index (χ0) is 24.5. The van der Waals surface area contributed by atoms with Crippen LogP contribution in [0.25, 0.3) is 5.57 Å². The first-order valence-corrected chi connectivity index (χ1v) is 13.5. The maximum Gasteiger partial charge on any atom is 0.279 e. The highest BCUT2D eigenvalue weighted by Crippen LogP contribution is 2.36. The number of halogens is 1. The minimum atomic E-state index is -0.429. The SMILES string of the molecule is Cc1ccc(NC(=O)CSc2nnc(Nc3nc(O)c(C4=c5cc(Br)ccc5=NC4=O)s3)s2)cc1. The van der Waals surface area contributed by atoms with Crippen LogP contribution < -0.4 is 21.2 Å². The Morgan fingerprint density at radius 3 is 2.71 bits per heavy atom. The minimum absolute atomic E-state index is 0.145. The van der Waals surface area contributed by atoms with Gasteiger partial charge in [0.2, 0.25) is 16.9 Å². The number of rotatable bonds is 7. The molecule has 2 amide bonds. The molecule has 0 unspecified atom stereocenters. The molecule has 176 valence electrons. The number of hydrogen-bond donors (Lipinski definition) is 3. The molecule has 5 rings (SSSR count). The summed E-state index contributed by atoms with van der Waals surface area (Å²) in [5.74, 6) is -0.657. The standard InChI is InChI=1S/C22H15BrN6O3S3/c1-10-2-5-12(6-3-10)24-15(30)9-33-22-29-28-21(35-22)27-20-26-19(32)17(34-20)16-13-8-11(23)4-7-14(13)25-18(16)31/h2-8,32H,9H2,1H3,(H,24,30)(H,26,27,28). The first-order valence-electron chi connectivity index (χ1n) is 10.1. The lowest BCUT2D eigenvalue weighted by molar-refractivity contribution is -0.114. The van der Waals surface area contributed by atoms with Crippen LogP contribution in [-0.2, 0) is 9.59 Å². The van der Waals surface area contributed by atoms with E-state index in [9.17, 15) is 14.7 Å². The van der Waals surface area contributed by atoms with Gasteiger partial charge in [0.1, 0.15) is 4.88 Å². The lowest BCUT2D eigenvalue weighted by Gasteiger charge is -2.04. The molecule has 0 spiro atoms. The van der Waals surface area contributed by atoms with Gasteiger partial charge in [-0.2, -0.15) is 4.98 Å². The van der Waals surface area contributed by atoms with Crippen LogP contribution in [0, 0.1) is 6.92 Å². The summed E-state index contributed by atoms with van der Waals surface area (Å²) < 4.78 is 1.40. The molecule has 2 aromatic carbocycles. The molecule has 3 heterocycles. The zero-order valence-corrected chi connectivity index (χ0v) is 21.9. The van der Waals surface area contributed by atoms with E-state index in [2.05, 4.69) is 46.7 Å². The number of hydrogen-bond acceptors (Lipinski definition) is 10. The summed E-state index contributed by atoms with van der Waals surface area (Å²) in [6.07, 6.45) is 0. The molecule has 9 nitrogen and oxygen atoms in total. The monoisotopic (exact) mass is 586 g/mol. The number of aromatic nitrogens is 3. The van der Waals surface area contributed by atoms with Crippen molar-refractivity contribution >= 4 is 83.7 Å². The number of fused-ring (bicyclic) bond motifs is 1. The molecule has 13 heteroatoms. The number of aromatic hydroxyl groups is 1. The highest BCUT2D eigenvalue weighted by molar-refractivity contribution is 9.10. The third kappa shape index (κ3) is 5.27. The van der Waals surface area contributed by atoms with E-state index in [1.165, 1.54) is 23.1 Å². The van der Waals surface area contributed by atoms with E-state index < -0.39 is 5.91 Å². The minimum Gasteiger partial charge on any atom is -0.492 e. The Morgan fingerprint density at radius 2 is 1.91 bits per heavy atom. The van der Waals surface area contributed by atoms with Crippen LogP contribution in [0.1, 0.15) is 10.4 Å². The van der Waals surface area contributed by atoms with Crippen molar-refractivity contribution in [2.24, 2.45) is 4.99 Å². The van der Waals surface area contributed by atoms with E-state index in [1.54, 1.807) is 18.2 Å². The number of carbonyl (C=O) groups excluding carboxylic acids is 2. The number of thiazole rings is 1. The third-order valence-corrected chi connectivity index (χ3v) is 8.23. The van der Waals surface area contributed by atoms with Crippen molar-refractivity contribution in [3.05, 3.63) is 68.0 Å². The van der Waals surface area contributed by atoms with Gasteiger partial charge in [0, 0.05) is 15.4 Å². The molecule has 3 N–H and O–H groups in total. The van der Waals surface area contributed by atoms with Gasteiger partial charge in [-0.1, -0.05) is 68.1 Å². The Labute approximate surface area is 219 Å². The normalized spacial score (nSPS) is 12.4. The van der Waals surface area contributed by atoms with Crippen molar-refractivity contribution in [1.82, 2.24) is 15.2 Å². The number of carbonyl (C=O) groups is 2. The van der Waals surface area contributed by atoms with Crippen LogP contribution in [0.2, 0.25) is 0 Å². The summed E-state index contributed by atoms with van der Waals surface area (Å²) in [6.45, 7) is 1.98. The van der Waals surface area contributed by atoms with Gasteiger partial charge in [-0.25, -0.2) is 4.99 Å². The lowest BCUT2D eigenvalue weighted by atomic mass is 10.1. The quantitative estimate of drug-likeness (QED) is 0.280. The summed E-state index contributed by atoms with van der Waals surface area (Å²) in [7, 11) is 0. The van der Waals surface area contributed by atoms with Crippen LogP contribution in [0.4, 0.5) is 16.0 Å². The molecular formula is C22H15BrN6O3S3. The van der Waals surface area contributed by atoms with Crippen molar-refractivity contribution in [1.29, 1.82) is 0 Å². The second-order valence-corrected chi connectivity index (χ2v) is 11.4. The first-order chi connectivity index (χ1) is 16.9. The average molecular weight is 588 g/mol. The maximum atomic E-state index is 12.5. The Bertz CT molecular complexity index is 1580. The van der Waals surface area contributed by atoms with Crippen molar-refractivity contribution in [2.45, 2.75) is 11.3 Å². The third-order valence-electron chi connectivity index (χ3n) is 4.78. The predicted molar refractivity (Wildman–Crippen MR) is 140 cm³/mol. The summed E-state index contributed by atoms with van der Waals surface area (Å²) in [5, 5.41) is 26.4. The smallest absolute Gasteiger partial charge is 0.279 e. The molecule has 0 fully saturated rings.